The van der Waals surface area contributed by atoms with Gasteiger partial charge < -0.3 is 0 Å². The first-order valence-corrected chi connectivity index (χ1v) is 6.68. The van der Waals surface area contributed by atoms with Gasteiger partial charge in [0.1, 0.15) is 12.1 Å². The highest BCUT2D eigenvalue weighted by atomic mass is 19.1. The summed E-state index contributed by atoms with van der Waals surface area (Å²) in [6.45, 7) is 0. The number of nitrogens with zero attached hydrogens (tertiary/aromatic N) is 2. The number of para-hydroxylation sites is 2. The predicted octanol–water partition coefficient (Wildman–Crippen LogP) is 1.77. The highest BCUT2D eigenvalue weighted by molar-refractivity contribution is 5.96. The molecule has 0 aliphatic rings. The third kappa shape index (κ3) is 3.26. The number of amides is 3. The Kier molecular flexibility index (Phi) is 3.88. The van der Waals surface area contributed by atoms with Gasteiger partial charge in [0.15, 0.2) is 0 Å². The molecule has 3 N–H and O–H groups in total. The maximum Gasteiger partial charge on any atom is 0.352 e. The monoisotopic (exact) mass is 313 g/mol. The van der Waals surface area contributed by atoms with Crippen LogP contribution < -0.4 is 16.3 Å². The lowest BCUT2D eigenvalue weighted by atomic mass is 10.2. The first-order valence-electron chi connectivity index (χ1n) is 6.68. The van der Waals surface area contributed by atoms with E-state index in [-0.39, 0.29) is 5.56 Å². The van der Waals surface area contributed by atoms with Gasteiger partial charge in [0.05, 0.1) is 11.0 Å². The first kappa shape index (κ1) is 14.5. The predicted molar refractivity (Wildman–Crippen MR) is 81.5 cm³/mol. The summed E-state index contributed by atoms with van der Waals surface area (Å²) in [4.78, 5) is 27.7. The van der Waals surface area contributed by atoms with Crippen molar-refractivity contribution >= 4 is 23.0 Å². The molecular formula is C15H12FN5O2. The lowest BCUT2D eigenvalue weighted by Gasteiger charge is -2.10. The van der Waals surface area contributed by atoms with Crippen molar-refractivity contribution in [2.24, 2.45) is 0 Å². The molecule has 0 aliphatic heterocycles. The number of urea groups is 1. The first-order chi connectivity index (χ1) is 11.1. The molecule has 8 heteroatoms. The van der Waals surface area contributed by atoms with E-state index in [1.165, 1.54) is 23.1 Å². The Morgan fingerprint density at radius 1 is 1.00 bits per heavy atom. The molecule has 1 aromatic heterocycles. The van der Waals surface area contributed by atoms with Crippen molar-refractivity contribution in [2.75, 3.05) is 5.43 Å². The van der Waals surface area contributed by atoms with Crippen molar-refractivity contribution in [1.82, 2.24) is 20.5 Å². The van der Waals surface area contributed by atoms with Crippen molar-refractivity contribution in [1.29, 1.82) is 0 Å². The Hall–Kier alpha value is -3.42. The van der Waals surface area contributed by atoms with Crippen LogP contribution in [0.4, 0.5) is 9.18 Å². The fourth-order valence-corrected chi connectivity index (χ4v) is 1.97. The number of benzene rings is 2. The molecule has 2 aromatic carbocycles. The second-order valence-corrected chi connectivity index (χ2v) is 4.63. The minimum Gasteiger partial charge on any atom is -0.267 e. The molecule has 0 atom stereocenters. The quantitative estimate of drug-likeness (QED) is 0.630. The van der Waals surface area contributed by atoms with E-state index in [1.807, 2.05) is 18.2 Å². The van der Waals surface area contributed by atoms with Crippen molar-refractivity contribution < 1.29 is 14.0 Å². The molecule has 0 bridgehead atoms. The van der Waals surface area contributed by atoms with Gasteiger partial charge in [-0.1, -0.05) is 12.1 Å². The third-order valence-electron chi connectivity index (χ3n) is 3.07. The average Bonchev–Trinajstić information content (AvgIpc) is 2.96. The number of aromatic nitrogens is 2. The zero-order chi connectivity index (χ0) is 16.2. The Morgan fingerprint density at radius 2 is 1.74 bits per heavy atom. The van der Waals surface area contributed by atoms with Crippen molar-refractivity contribution in [3.8, 4) is 0 Å². The molecule has 3 rings (SSSR count). The number of imidazole rings is 1. The Balaban J connectivity index is 1.59. The second-order valence-electron chi connectivity index (χ2n) is 4.63. The number of halogens is 1. The van der Waals surface area contributed by atoms with Crippen LogP contribution in [-0.4, -0.2) is 21.6 Å². The summed E-state index contributed by atoms with van der Waals surface area (Å²) in [6, 6.07) is 11.5. The van der Waals surface area contributed by atoms with E-state index >= 15 is 0 Å². The number of hydrogen-bond donors (Lipinski definition) is 3. The van der Waals surface area contributed by atoms with Gasteiger partial charge in [-0.25, -0.2) is 29.7 Å². The summed E-state index contributed by atoms with van der Waals surface area (Å²) in [5, 5.41) is 0. The van der Waals surface area contributed by atoms with Gasteiger partial charge in [0.25, 0.3) is 5.91 Å². The van der Waals surface area contributed by atoms with Crippen LogP contribution in [-0.2, 0) is 0 Å². The zero-order valence-corrected chi connectivity index (χ0v) is 11.8. The number of hydrazine groups is 1. The lowest BCUT2D eigenvalue weighted by molar-refractivity contribution is 0.0937. The maximum atomic E-state index is 12.8. The molecule has 3 amide bonds. The number of carbonyl (C=O) groups is 2. The minimum atomic E-state index is -0.649. The minimum absolute atomic E-state index is 0.222. The molecule has 1 heterocycles. The molecule has 0 saturated carbocycles. The van der Waals surface area contributed by atoms with Gasteiger partial charge >= 0.3 is 6.03 Å². The third-order valence-corrected chi connectivity index (χ3v) is 3.07. The van der Waals surface area contributed by atoms with Gasteiger partial charge in [0, 0.05) is 5.56 Å². The van der Waals surface area contributed by atoms with Crippen LogP contribution in [0.15, 0.2) is 54.9 Å². The van der Waals surface area contributed by atoms with E-state index in [9.17, 15) is 14.0 Å². The van der Waals surface area contributed by atoms with Gasteiger partial charge in [0.2, 0.25) is 0 Å². The molecule has 0 spiro atoms. The molecule has 23 heavy (non-hydrogen) atoms. The van der Waals surface area contributed by atoms with Crippen molar-refractivity contribution in [3.05, 3.63) is 66.2 Å². The van der Waals surface area contributed by atoms with E-state index in [0.717, 1.165) is 17.6 Å². The van der Waals surface area contributed by atoms with Crippen LogP contribution in [0.5, 0.6) is 0 Å². The molecule has 0 fully saturated rings. The molecule has 0 aliphatic carbocycles. The van der Waals surface area contributed by atoms with E-state index < -0.39 is 17.8 Å². The SMILES string of the molecule is O=C(NNC(=O)c1ccc(F)cc1)Nn1cnc2ccccc21. The smallest absolute Gasteiger partial charge is 0.267 e. The Labute approximate surface area is 130 Å². The summed E-state index contributed by atoms with van der Waals surface area (Å²) in [6.07, 6.45) is 1.45. The molecular weight excluding hydrogens is 301 g/mol. The summed E-state index contributed by atoms with van der Waals surface area (Å²) in [5.41, 5.74) is 8.60. The Morgan fingerprint density at radius 3 is 2.52 bits per heavy atom. The zero-order valence-electron chi connectivity index (χ0n) is 11.8. The number of fused-ring (bicyclic) bond motifs is 1. The summed E-state index contributed by atoms with van der Waals surface area (Å²) >= 11 is 0. The fraction of sp³-hybridized carbons (Fsp3) is 0. The van der Waals surface area contributed by atoms with Crippen LogP contribution in [0.25, 0.3) is 11.0 Å². The van der Waals surface area contributed by atoms with Gasteiger partial charge in [-0.05, 0) is 36.4 Å². The van der Waals surface area contributed by atoms with Crippen molar-refractivity contribution in [3.63, 3.8) is 0 Å². The molecule has 3 aromatic rings. The molecule has 116 valence electrons. The van der Waals surface area contributed by atoms with E-state index in [2.05, 4.69) is 21.3 Å². The number of carbonyl (C=O) groups excluding carboxylic acids is 2. The van der Waals surface area contributed by atoms with E-state index in [0.29, 0.717) is 5.52 Å². The van der Waals surface area contributed by atoms with Crippen LogP contribution in [0.1, 0.15) is 10.4 Å². The lowest BCUT2D eigenvalue weighted by Crippen LogP contribution is -2.45. The van der Waals surface area contributed by atoms with Crippen LogP contribution in [0.3, 0.4) is 0 Å². The van der Waals surface area contributed by atoms with E-state index in [1.54, 1.807) is 6.07 Å². The fourth-order valence-electron chi connectivity index (χ4n) is 1.97. The molecule has 7 nitrogen and oxygen atoms in total. The molecule has 0 unspecified atom stereocenters. The van der Waals surface area contributed by atoms with Gasteiger partial charge in [-0.3, -0.25) is 10.2 Å². The summed E-state index contributed by atoms with van der Waals surface area (Å²) in [5.74, 6) is -1.00. The number of nitrogens with one attached hydrogen (secondary N) is 3. The average molecular weight is 313 g/mol. The van der Waals surface area contributed by atoms with Crippen LogP contribution >= 0.6 is 0 Å². The largest absolute Gasteiger partial charge is 0.352 e. The van der Waals surface area contributed by atoms with Crippen molar-refractivity contribution in [2.45, 2.75) is 0 Å². The highest BCUT2D eigenvalue weighted by Crippen LogP contribution is 2.09. The second kappa shape index (κ2) is 6.14. The molecule has 0 saturated heterocycles. The maximum absolute atomic E-state index is 12.8. The number of rotatable bonds is 2. The van der Waals surface area contributed by atoms with Crippen LogP contribution in [0, 0.1) is 5.82 Å². The van der Waals surface area contributed by atoms with Crippen LogP contribution in [0.2, 0.25) is 0 Å². The molecule has 0 radical (unpaired) electrons. The summed E-state index contributed by atoms with van der Waals surface area (Å²) < 4.78 is 14.2. The normalized spacial score (nSPS) is 10.3. The van der Waals surface area contributed by atoms with Gasteiger partial charge in [-0.15, -0.1) is 0 Å². The van der Waals surface area contributed by atoms with Gasteiger partial charge in [-0.2, -0.15) is 0 Å². The summed E-state index contributed by atoms with van der Waals surface area (Å²) in [7, 11) is 0. The number of hydrogen-bond acceptors (Lipinski definition) is 3. The topological polar surface area (TPSA) is 88.0 Å². The van der Waals surface area contributed by atoms with E-state index in [4.69, 9.17) is 0 Å². The Bertz CT molecular complexity index is 860. The standard InChI is InChI=1S/C15H12FN5O2/c16-11-7-5-10(6-8-11)14(22)18-19-15(23)20-21-9-17-12-3-1-2-4-13(12)21/h1-9H,(H,18,22)(H2,19,20,23). The highest BCUT2D eigenvalue weighted by Gasteiger charge is 2.08.